The molecular weight excluding hydrogens is 184 g/mol. The lowest BCUT2D eigenvalue weighted by molar-refractivity contribution is -0.118. The summed E-state index contributed by atoms with van der Waals surface area (Å²) < 4.78 is 0. The molecule has 14 heavy (non-hydrogen) atoms. The fourth-order valence-electron chi connectivity index (χ4n) is 1.49. The molecule has 0 radical (unpaired) electrons. The zero-order valence-electron chi connectivity index (χ0n) is 7.66. The Kier molecular flexibility index (Phi) is 2.68. The molecule has 3 N–H and O–H groups in total. The SMILES string of the molecule is O=C(Nc1nnn[nH]1)C1CCCCN1. The number of H-pyrrole nitrogens is 1. The second-order valence-corrected chi connectivity index (χ2v) is 3.24. The predicted molar refractivity (Wildman–Crippen MR) is 48.4 cm³/mol. The molecule has 0 aromatic carbocycles. The Bertz CT molecular complexity index is 291. The minimum Gasteiger partial charge on any atom is -0.306 e. The van der Waals surface area contributed by atoms with Crippen molar-refractivity contribution in [2.24, 2.45) is 0 Å². The van der Waals surface area contributed by atoms with E-state index in [1.54, 1.807) is 0 Å². The van der Waals surface area contributed by atoms with Crippen LogP contribution in [-0.2, 0) is 4.79 Å². The molecule has 1 aliphatic rings. The number of aromatic amines is 1. The summed E-state index contributed by atoms with van der Waals surface area (Å²) in [6, 6.07) is -0.117. The Balaban J connectivity index is 1.88. The van der Waals surface area contributed by atoms with Crippen LogP contribution in [0.4, 0.5) is 5.95 Å². The van der Waals surface area contributed by atoms with Crippen LogP contribution < -0.4 is 10.6 Å². The van der Waals surface area contributed by atoms with Gasteiger partial charge in [0, 0.05) is 0 Å². The molecule has 2 heterocycles. The number of hydrogen-bond acceptors (Lipinski definition) is 5. The highest BCUT2D eigenvalue weighted by molar-refractivity contribution is 5.93. The zero-order chi connectivity index (χ0) is 9.80. The molecule has 0 aliphatic carbocycles. The van der Waals surface area contributed by atoms with E-state index in [1.165, 1.54) is 0 Å². The number of nitrogens with one attached hydrogen (secondary N) is 3. The van der Waals surface area contributed by atoms with Gasteiger partial charge in [0.25, 0.3) is 0 Å². The molecule has 1 aliphatic heterocycles. The van der Waals surface area contributed by atoms with E-state index in [-0.39, 0.29) is 11.9 Å². The van der Waals surface area contributed by atoms with E-state index in [1.807, 2.05) is 0 Å². The fraction of sp³-hybridized carbons (Fsp3) is 0.714. The van der Waals surface area contributed by atoms with E-state index in [0.29, 0.717) is 5.95 Å². The third kappa shape index (κ3) is 2.05. The van der Waals surface area contributed by atoms with Crippen molar-refractivity contribution in [1.29, 1.82) is 0 Å². The van der Waals surface area contributed by atoms with Gasteiger partial charge in [-0.15, -0.1) is 0 Å². The second-order valence-electron chi connectivity index (χ2n) is 3.24. The molecule has 1 aromatic rings. The van der Waals surface area contributed by atoms with Crippen LogP contribution in [-0.4, -0.2) is 39.1 Å². The van der Waals surface area contributed by atoms with E-state index in [2.05, 4.69) is 31.3 Å². The molecule has 0 saturated carbocycles. The molecule has 76 valence electrons. The molecule has 1 amide bonds. The Morgan fingerprint density at radius 1 is 1.50 bits per heavy atom. The maximum Gasteiger partial charge on any atom is 0.246 e. The number of carbonyl (C=O) groups excluding carboxylic acids is 1. The third-order valence-corrected chi connectivity index (χ3v) is 2.21. The summed E-state index contributed by atoms with van der Waals surface area (Å²) in [5.41, 5.74) is 0. The van der Waals surface area contributed by atoms with Gasteiger partial charge in [-0.25, -0.2) is 5.10 Å². The number of tetrazole rings is 1. The molecule has 1 atom stereocenters. The standard InChI is InChI=1S/C7H12N6O/c14-6(5-3-1-2-4-8-5)9-7-10-12-13-11-7/h5,8H,1-4H2,(H2,9,10,11,12,13,14). The Hall–Kier alpha value is -1.50. The number of piperidine rings is 1. The van der Waals surface area contributed by atoms with E-state index < -0.39 is 0 Å². The topological polar surface area (TPSA) is 95.6 Å². The molecule has 1 saturated heterocycles. The van der Waals surface area contributed by atoms with Crippen molar-refractivity contribution in [3.63, 3.8) is 0 Å². The van der Waals surface area contributed by atoms with E-state index in [4.69, 9.17) is 0 Å². The highest BCUT2D eigenvalue weighted by Gasteiger charge is 2.20. The molecule has 0 spiro atoms. The average molecular weight is 196 g/mol. The predicted octanol–water partition coefficient (Wildman–Crippen LogP) is -0.720. The molecule has 0 bridgehead atoms. The number of amides is 1. The number of carbonyl (C=O) groups is 1. The maximum absolute atomic E-state index is 11.6. The summed E-state index contributed by atoms with van der Waals surface area (Å²) in [4.78, 5) is 11.6. The van der Waals surface area contributed by atoms with Crippen LogP contribution in [0.1, 0.15) is 19.3 Å². The lowest BCUT2D eigenvalue weighted by atomic mass is 10.0. The number of nitrogens with zero attached hydrogens (tertiary/aromatic N) is 3. The normalized spacial score (nSPS) is 21.9. The molecule has 2 rings (SSSR count). The highest BCUT2D eigenvalue weighted by Crippen LogP contribution is 2.08. The van der Waals surface area contributed by atoms with Crippen molar-refractivity contribution in [3.8, 4) is 0 Å². The molecule has 1 aromatic heterocycles. The van der Waals surface area contributed by atoms with Crippen LogP contribution >= 0.6 is 0 Å². The summed E-state index contributed by atoms with van der Waals surface area (Å²) in [6.45, 7) is 0.896. The summed E-state index contributed by atoms with van der Waals surface area (Å²) in [5, 5.41) is 18.5. The lowest BCUT2D eigenvalue weighted by Crippen LogP contribution is -2.43. The highest BCUT2D eigenvalue weighted by atomic mass is 16.2. The van der Waals surface area contributed by atoms with Gasteiger partial charge in [0.15, 0.2) is 0 Å². The Morgan fingerprint density at radius 3 is 3.07 bits per heavy atom. The van der Waals surface area contributed by atoms with Gasteiger partial charge in [-0.1, -0.05) is 11.5 Å². The van der Waals surface area contributed by atoms with Gasteiger partial charge in [-0.05, 0) is 29.8 Å². The van der Waals surface area contributed by atoms with Gasteiger partial charge in [-0.2, -0.15) is 0 Å². The van der Waals surface area contributed by atoms with Crippen molar-refractivity contribution in [1.82, 2.24) is 25.9 Å². The first kappa shape index (κ1) is 9.07. The van der Waals surface area contributed by atoms with Crippen LogP contribution in [0, 0.1) is 0 Å². The molecule has 1 fully saturated rings. The quantitative estimate of drug-likeness (QED) is 0.580. The van der Waals surface area contributed by atoms with Gasteiger partial charge in [0.2, 0.25) is 11.9 Å². The molecule has 7 nitrogen and oxygen atoms in total. The second kappa shape index (κ2) is 4.14. The third-order valence-electron chi connectivity index (χ3n) is 2.21. The van der Waals surface area contributed by atoms with Crippen LogP contribution in [0.5, 0.6) is 0 Å². The van der Waals surface area contributed by atoms with Gasteiger partial charge in [0.05, 0.1) is 6.04 Å². The first-order valence-corrected chi connectivity index (χ1v) is 4.64. The minimum absolute atomic E-state index is 0.0803. The van der Waals surface area contributed by atoms with Crippen molar-refractivity contribution in [2.45, 2.75) is 25.3 Å². The van der Waals surface area contributed by atoms with Gasteiger partial charge < -0.3 is 5.32 Å². The summed E-state index contributed by atoms with van der Waals surface area (Å²) in [6.07, 6.45) is 3.08. The number of aromatic nitrogens is 4. The van der Waals surface area contributed by atoms with Crippen molar-refractivity contribution in [3.05, 3.63) is 0 Å². The van der Waals surface area contributed by atoms with Gasteiger partial charge in [-0.3, -0.25) is 10.1 Å². The smallest absolute Gasteiger partial charge is 0.246 e. The number of anilines is 1. The number of rotatable bonds is 2. The first-order chi connectivity index (χ1) is 6.86. The van der Waals surface area contributed by atoms with Crippen molar-refractivity contribution in [2.75, 3.05) is 11.9 Å². The maximum atomic E-state index is 11.6. The summed E-state index contributed by atoms with van der Waals surface area (Å²) in [5.74, 6) is 0.214. The monoisotopic (exact) mass is 196 g/mol. The fourth-order valence-corrected chi connectivity index (χ4v) is 1.49. The minimum atomic E-state index is -0.117. The zero-order valence-corrected chi connectivity index (χ0v) is 7.66. The summed E-state index contributed by atoms with van der Waals surface area (Å²) >= 11 is 0. The molecular formula is C7H12N6O. The Labute approximate surface area is 80.6 Å². The lowest BCUT2D eigenvalue weighted by Gasteiger charge is -2.21. The van der Waals surface area contributed by atoms with Crippen LogP contribution in [0.15, 0.2) is 0 Å². The van der Waals surface area contributed by atoms with Crippen LogP contribution in [0.25, 0.3) is 0 Å². The van der Waals surface area contributed by atoms with Crippen molar-refractivity contribution < 1.29 is 4.79 Å². The van der Waals surface area contributed by atoms with Crippen LogP contribution in [0.3, 0.4) is 0 Å². The molecule has 7 heteroatoms. The van der Waals surface area contributed by atoms with Crippen molar-refractivity contribution >= 4 is 11.9 Å². The van der Waals surface area contributed by atoms with E-state index in [0.717, 1.165) is 25.8 Å². The van der Waals surface area contributed by atoms with Gasteiger partial charge >= 0.3 is 0 Å². The van der Waals surface area contributed by atoms with E-state index in [9.17, 15) is 4.79 Å². The summed E-state index contributed by atoms with van der Waals surface area (Å²) in [7, 11) is 0. The average Bonchev–Trinajstić information content (AvgIpc) is 2.72. The first-order valence-electron chi connectivity index (χ1n) is 4.64. The Morgan fingerprint density at radius 2 is 2.43 bits per heavy atom. The number of hydrogen-bond donors (Lipinski definition) is 3. The molecule has 1 unspecified atom stereocenters. The van der Waals surface area contributed by atoms with E-state index >= 15 is 0 Å². The van der Waals surface area contributed by atoms with Crippen LogP contribution in [0.2, 0.25) is 0 Å². The van der Waals surface area contributed by atoms with Gasteiger partial charge in [0.1, 0.15) is 0 Å². The largest absolute Gasteiger partial charge is 0.306 e.